The summed E-state index contributed by atoms with van der Waals surface area (Å²) < 4.78 is 39.7. The van der Waals surface area contributed by atoms with Gasteiger partial charge in [0.25, 0.3) is 5.69 Å². The number of ether oxygens (including phenoxy) is 1. The summed E-state index contributed by atoms with van der Waals surface area (Å²) in [6, 6.07) is 2.32. The number of carbonyl (C=O) groups excluding carboxylic acids is 1. The van der Waals surface area contributed by atoms with Gasteiger partial charge in [0, 0.05) is 17.8 Å². The van der Waals surface area contributed by atoms with Crippen LogP contribution in [0.4, 0.5) is 18.9 Å². The van der Waals surface area contributed by atoms with Gasteiger partial charge in [-0.15, -0.1) is 13.2 Å². The minimum absolute atomic E-state index is 0.0731. The second-order valence-corrected chi connectivity index (χ2v) is 4.14. The molecule has 9 heteroatoms. The molecule has 1 rings (SSSR count). The Kier molecular flexibility index (Phi) is 4.87. The lowest BCUT2D eigenvalue weighted by Crippen LogP contribution is -2.17. The molecule has 0 N–H and O–H groups in total. The highest BCUT2D eigenvalue weighted by molar-refractivity contribution is 9.09. The number of nitro groups is 1. The predicted molar refractivity (Wildman–Crippen MR) is 62.5 cm³/mol. The maximum absolute atomic E-state index is 12.0. The van der Waals surface area contributed by atoms with Gasteiger partial charge in [0.2, 0.25) is 0 Å². The summed E-state index contributed by atoms with van der Waals surface area (Å²) in [6.45, 7) is 0. The van der Waals surface area contributed by atoms with Crippen LogP contribution >= 0.6 is 15.9 Å². The lowest BCUT2D eigenvalue weighted by Gasteiger charge is -2.09. The average Bonchev–Trinajstić information content (AvgIpc) is 2.26. The van der Waals surface area contributed by atoms with E-state index in [9.17, 15) is 28.1 Å². The molecule has 0 atom stereocenters. The van der Waals surface area contributed by atoms with E-state index >= 15 is 0 Å². The van der Waals surface area contributed by atoms with Crippen molar-refractivity contribution in [2.45, 2.75) is 12.8 Å². The van der Waals surface area contributed by atoms with Crippen LogP contribution < -0.4 is 4.74 Å². The van der Waals surface area contributed by atoms with Crippen molar-refractivity contribution >= 4 is 27.4 Å². The van der Waals surface area contributed by atoms with Crippen molar-refractivity contribution in [1.82, 2.24) is 0 Å². The molecule has 0 heterocycles. The Labute approximate surface area is 113 Å². The lowest BCUT2D eigenvalue weighted by molar-refractivity contribution is -0.385. The Bertz CT molecular complexity index is 504. The first-order valence-corrected chi connectivity index (χ1v) is 6.00. The van der Waals surface area contributed by atoms with E-state index in [-0.39, 0.29) is 11.8 Å². The van der Waals surface area contributed by atoms with Crippen molar-refractivity contribution in [3.05, 3.63) is 33.9 Å². The molecule has 0 aliphatic carbocycles. The molecule has 0 fully saturated rings. The number of nitrogens with zero attached hydrogens (tertiary/aromatic N) is 1. The number of alkyl halides is 4. The number of rotatable bonds is 5. The number of halogens is 4. The molecule has 0 unspecified atom stereocenters. The molecule has 0 saturated heterocycles. The third kappa shape index (κ3) is 4.51. The number of hydrogen-bond acceptors (Lipinski definition) is 4. The van der Waals surface area contributed by atoms with Crippen LogP contribution in [0.1, 0.15) is 16.8 Å². The summed E-state index contributed by atoms with van der Waals surface area (Å²) >= 11 is 2.97. The zero-order valence-corrected chi connectivity index (χ0v) is 10.8. The molecular weight excluding hydrogens is 335 g/mol. The van der Waals surface area contributed by atoms with Crippen molar-refractivity contribution in [2.75, 3.05) is 5.33 Å². The average molecular weight is 342 g/mol. The minimum atomic E-state index is -4.92. The third-order valence-corrected chi connectivity index (χ3v) is 2.42. The number of ketones is 1. The van der Waals surface area contributed by atoms with E-state index in [1.165, 1.54) is 0 Å². The molecular formula is C10H7BrF3NO4. The Morgan fingerprint density at radius 2 is 2.05 bits per heavy atom. The van der Waals surface area contributed by atoms with Crippen molar-refractivity contribution in [3.63, 3.8) is 0 Å². The summed E-state index contributed by atoms with van der Waals surface area (Å²) in [7, 11) is 0. The van der Waals surface area contributed by atoms with Gasteiger partial charge in [0.1, 0.15) is 5.75 Å². The van der Waals surface area contributed by atoms with Gasteiger partial charge in [-0.2, -0.15) is 0 Å². The van der Waals surface area contributed by atoms with Crippen LogP contribution in [0.15, 0.2) is 18.2 Å². The van der Waals surface area contributed by atoms with Crippen molar-refractivity contribution in [1.29, 1.82) is 0 Å². The predicted octanol–water partition coefficient (Wildman–Crippen LogP) is 3.46. The fraction of sp³-hybridized carbons (Fsp3) is 0.300. The molecule has 0 bridgehead atoms. The molecule has 19 heavy (non-hydrogen) atoms. The van der Waals surface area contributed by atoms with Crippen LogP contribution in [0.3, 0.4) is 0 Å². The number of hydrogen-bond donors (Lipinski definition) is 0. The molecule has 1 aromatic carbocycles. The van der Waals surface area contributed by atoms with Crippen molar-refractivity contribution in [2.24, 2.45) is 0 Å². The van der Waals surface area contributed by atoms with E-state index in [1.807, 2.05) is 0 Å². The molecule has 0 aliphatic rings. The van der Waals surface area contributed by atoms with Crippen LogP contribution in [-0.4, -0.2) is 22.4 Å². The van der Waals surface area contributed by atoms with E-state index in [0.717, 1.165) is 18.2 Å². The summed E-state index contributed by atoms with van der Waals surface area (Å²) in [5.41, 5.74) is -0.966. The number of carbonyl (C=O) groups is 1. The van der Waals surface area contributed by atoms with Gasteiger partial charge in [0.05, 0.1) is 10.5 Å². The standard InChI is InChI=1S/C10H7BrF3NO4/c11-4-3-9(16)7-5-6(19-10(12,13)14)1-2-8(7)15(17)18/h1-2,5H,3-4H2. The van der Waals surface area contributed by atoms with Crippen LogP contribution in [0.25, 0.3) is 0 Å². The van der Waals surface area contributed by atoms with Gasteiger partial charge in [0.15, 0.2) is 5.78 Å². The summed E-state index contributed by atoms with van der Waals surface area (Å²) in [4.78, 5) is 21.5. The Balaban J connectivity index is 3.18. The highest BCUT2D eigenvalue weighted by Crippen LogP contribution is 2.29. The van der Waals surface area contributed by atoms with E-state index in [0.29, 0.717) is 0 Å². The first-order chi connectivity index (χ1) is 8.74. The monoisotopic (exact) mass is 341 g/mol. The second kappa shape index (κ2) is 6.00. The van der Waals surface area contributed by atoms with Gasteiger partial charge < -0.3 is 4.74 Å². The van der Waals surface area contributed by atoms with Gasteiger partial charge in [-0.1, -0.05) is 15.9 Å². The smallest absolute Gasteiger partial charge is 0.406 e. The topological polar surface area (TPSA) is 69.4 Å². The highest BCUT2D eigenvalue weighted by Gasteiger charge is 2.32. The summed E-state index contributed by atoms with van der Waals surface area (Å²) in [5.74, 6) is -1.31. The zero-order chi connectivity index (χ0) is 14.6. The van der Waals surface area contributed by atoms with E-state index in [1.54, 1.807) is 0 Å². The molecule has 0 spiro atoms. The zero-order valence-electron chi connectivity index (χ0n) is 9.24. The van der Waals surface area contributed by atoms with Crippen LogP contribution in [0.2, 0.25) is 0 Å². The lowest BCUT2D eigenvalue weighted by atomic mass is 10.1. The maximum atomic E-state index is 12.0. The summed E-state index contributed by atoms with van der Waals surface area (Å²) in [5, 5.41) is 10.9. The Morgan fingerprint density at radius 3 is 2.53 bits per heavy atom. The quantitative estimate of drug-likeness (QED) is 0.356. The molecule has 0 saturated carbocycles. The molecule has 1 aromatic rings. The first-order valence-electron chi connectivity index (χ1n) is 4.88. The molecule has 5 nitrogen and oxygen atoms in total. The van der Waals surface area contributed by atoms with Crippen LogP contribution in [0, 0.1) is 10.1 Å². The number of nitro benzene ring substituents is 1. The third-order valence-electron chi connectivity index (χ3n) is 2.02. The van der Waals surface area contributed by atoms with Crippen molar-refractivity contribution in [3.8, 4) is 5.75 Å². The largest absolute Gasteiger partial charge is 0.573 e. The van der Waals surface area contributed by atoms with Crippen LogP contribution in [0.5, 0.6) is 5.75 Å². The van der Waals surface area contributed by atoms with Crippen LogP contribution in [-0.2, 0) is 0 Å². The second-order valence-electron chi connectivity index (χ2n) is 3.35. The Hall–Kier alpha value is -1.64. The molecule has 104 valence electrons. The number of benzene rings is 1. The van der Waals surface area contributed by atoms with Gasteiger partial charge in [-0.3, -0.25) is 14.9 Å². The molecule has 0 aromatic heterocycles. The Morgan fingerprint density at radius 1 is 1.42 bits per heavy atom. The normalized spacial score (nSPS) is 11.2. The van der Waals surface area contributed by atoms with E-state index < -0.39 is 34.1 Å². The highest BCUT2D eigenvalue weighted by atomic mass is 79.9. The molecule has 0 amide bonds. The first kappa shape index (κ1) is 15.4. The fourth-order valence-corrected chi connectivity index (χ4v) is 1.68. The van der Waals surface area contributed by atoms with E-state index in [4.69, 9.17) is 0 Å². The van der Waals surface area contributed by atoms with Gasteiger partial charge in [-0.05, 0) is 12.1 Å². The molecule has 0 radical (unpaired) electrons. The minimum Gasteiger partial charge on any atom is -0.406 e. The van der Waals surface area contributed by atoms with E-state index in [2.05, 4.69) is 20.7 Å². The van der Waals surface area contributed by atoms with Crippen molar-refractivity contribution < 1.29 is 27.6 Å². The molecule has 0 aliphatic heterocycles. The SMILES string of the molecule is O=C(CCBr)c1cc(OC(F)(F)F)ccc1[N+](=O)[O-]. The number of Topliss-reactive ketones (excluding diaryl/α,β-unsaturated/α-hetero) is 1. The maximum Gasteiger partial charge on any atom is 0.573 e. The van der Waals surface area contributed by atoms with Gasteiger partial charge in [-0.25, -0.2) is 0 Å². The summed E-state index contributed by atoms with van der Waals surface area (Å²) in [6.07, 6.45) is -5.00. The fourth-order valence-electron chi connectivity index (χ4n) is 1.32. The van der Waals surface area contributed by atoms with Gasteiger partial charge >= 0.3 is 6.36 Å².